The molecule has 0 unspecified atom stereocenters. The van der Waals surface area contributed by atoms with Crippen LogP contribution in [0.1, 0.15) is 12.5 Å². The number of hydrogen-bond acceptors (Lipinski definition) is 2. The molecule has 0 saturated heterocycles. The maximum atomic E-state index is 10.3. The van der Waals surface area contributed by atoms with E-state index in [2.05, 4.69) is 0 Å². The van der Waals surface area contributed by atoms with Gasteiger partial charge in [-0.3, -0.25) is 0 Å². The summed E-state index contributed by atoms with van der Waals surface area (Å²) in [6.07, 6.45) is 1.31. The predicted molar refractivity (Wildman–Crippen MR) is 47.4 cm³/mol. The van der Waals surface area contributed by atoms with Gasteiger partial charge in [0.25, 0.3) is 0 Å². The highest BCUT2D eigenvalue weighted by molar-refractivity contribution is 5.57. The Kier molecular flexibility index (Phi) is 3.33. The van der Waals surface area contributed by atoms with E-state index in [0.717, 1.165) is 17.6 Å². The zero-order valence-corrected chi connectivity index (χ0v) is 7.12. The van der Waals surface area contributed by atoms with Crippen molar-refractivity contribution in [2.75, 3.05) is 6.61 Å². The fourth-order valence-electron chi connectivity index (χ4n) is 1.06. The topological polar surface area (TPSA) is 26.3 Å². The fraction of sp³-hybridized carbons (Fsp3) is 0.300. The van der Waals surface area contributed by atoms with Crippen LogP contribution in [0.5, 0.6) is 5.75 Å². The van der Waals surface area contributed by atoms with Crippen LogP contribution in [0.4, 0.5) is 0 Å². The maximum absolute atomic E-state index is 10.3. The van der Waals surface area contributed by atoms with E-state index in [9.17, 15) is 4.79 Å². The van der Waals surface area contributed by atoms with Gasteiger partial charge in [0, 0.05) is 12.0 Å². The highest BCUT2D eigenvalue weighted by Crippen LogP contribution is 2.17. The molecule has 1 aromatic carbocycles. The molecule has 1 aromatic rings. The van der Waals surface area contributed by atoms with Crippen LogP contribution >= 0.6 is 0 Å². The first-order chi connectivity index (χ1) is 5.88. The molecule has 0 atom stereocenters. The zero-order chi connectivity index (χ0) is 8.81. The monoisotopic (exact) mass is 164 g/mol. The molecule has 0 bridgehead atoms. The van der Waals surface area contributed by atoms with Gasteiger partial charge in [0.15, 0.2) is 0 Å². The number of ether oxygens (including phenoxy) is 1. The van der Waals surface area contributed by atoms with Crippen molar-refractivity contribution in [2.45, 2.75) is 13.3 Å². The van der Waals surface area contributed by atoms with Gasteiger partial charge < -0.3 is 9.53 Å². The second kappa shape index (κ2) is 4.54. The van der Waals surface area contributed by atoms with Gasteiger partial charge in [-0.25, -0.2) is 0 Å². The van der Waals surface area contributed by atoms with E-state index in [1.54, 1.807) is 0 Å². The molecule has 12 heavy (non-hydrogen) atoms. The lowest BCUT2D eigenvalue weighted by atomic mass is 10.1. The maximum Gasteiger partial charge on any atom is 0.124 e. The summed E-state index contributed by atoms with van der Waals surface area (Å²) >= 11 is 0. The molecule has 0 amide bonds. The average molecular weight is 164 g/mol. The Balaban J connectivity index is 2.83. The molecule has 0 aromatic heterocycles. The Morgan fingerprint density at radius 1 is 1.42 bits per heavy atom. The van der Waals surface area contributed by atoms with Crippen molar-refractivity contribution in [1.82, 2.24) is 0 Å². The molecule has 64 valence electrons. The van der Waals surface area contributed by atoms with Crippen molar-refractivity contribution < 1.29 is 9.53 Å². The van der Waals surface area contributed by atoms with E-state index < -0.39 is 0 Å². The largest absolute Gasteiger partial charge is 0.494 e. The lowest BCUT2D eigenvalue weighted by Crippen LogP contribution is -1.96. The average Bonchev–Trinajstić information content (AvgIpc) is 2.09. The van der Waals surface area contributed by atoms with Gasteiger partial charge >= 0.3 is 0 Å². The lowest BCUT2D eigenvalue weighted by Gasteiger charge is -2.06. The lowest BCUT2D eigenvalue weighted by molar-refractivity contribution is -0.107. The summed E-state index contributed by atoms with van der Waals surface area (Å²) in [5.74, 6) is 0.812. The highest BCUT2D eigenvalue weighted by Gasteiger charge is 1.99. The van der Waals surface area contributed by atoms with Crippen molar-refractivity contribution in [3.63, 3.8) is 0 Å². The quantitative estimate of drug-likeness (QED) is 0.634. The van der Waals surface area contributed by atoms with Crippen LogP contribution in [0, 0.1) is 0 Å². The van der Waals surface area contributed by atoms with Crippen LogP contribution in [0.2, 0.25) is 0 Å². The standard InChI is InChI=1S/C10H12O2/c1-2-12-10-6-4-3-5-9(10)7-8-11/h3-6,8H,2,7H2,1H3. The van der Waals surface area contributed by atoms with E-state index >= 15 is 0 Å². The van der Waals surface area contributed by atoms with Gasteiger partial charge in [-0.05, 0) is 13.0 Å². The van der Waals surface area contributed by atoms with Crippen LogP contribution in [0.25, 0.3) is 0 Å². The number of aldehydes is 1. The van der Waals surface area contributed by atoms with Crippen LogP contribution in [0.15, 0.2) is 24.3 Å². The third kappa shape index (κ3) is 2.09. The van der Waals surface area contributed by atoms with Crippen molar-refractivity contribution >= 4 is 6.29 Å². The van der Waals surface area contributed by atoms with E-state index in [4.69, 9.17) is 4.74 Å². The summed E-state index contributed by atoms with van der Waals surface area (Å²) in [7, 11) is 0. The van der Waals surface area contributed by atoms with Crippen molar-refractivity contribution in [2.24, 2.45) is 0 Å². The van der Waals surface area contributed by atoms with Crippen LogP contribution in [-0.2, 0) is 11.2 Å². The summed E-state index contributed by atoms with van der Waals surface area (Å²) < 4.78 is 5.33. The SMILES string of the molecule is CCOc1ccccc1CC=O. The summed E-state index contributed by atoms with van der Waals surface area (Å²) in [4.78, 5) is 10.3. The molecule has 0 aliphatic heterocycles. The van der Waals surface area contributed by atoms with Gasteiger partial charge in [-0.15, -0.1) is 0 Å². The molecule has 0 aliphatic carbocycles. The van der Waals surface area contributed by atoms with E-state index in [0.29, 0.717) is 13.0 Å². The number of para-hydroxylation sites is 1. The summed E-state index contributed by atoms with van der Waals surface area (Å²) in [6, 6.07) is 7.59. The summed E-state index contributed by atoms with van der Waals surface area (Å²) in [5, 5.41) is 0. The van der Waals surface area contributed by atoms with Gasteiger partial charge in [-0.1, -0.05) is 18.2 Å². The minimum atomic E-state index is 0.427. The Morgan fingerprint density at radius 3 is 2.83 bits per heavy atom. The van der Waals surface area contributed by atoms with E-state index in [1.165, 1.54) is 0 Å². The van der Waals surface area contributed by atoms with Crippen molar-refractivity contribution in [3.8, 4) is 5.75 Å². The van der Waals surface area contributed by atoms with Crippen LogP contribution < -0.4 is 4.74 Å². The molecule has 0 saturated carbocycles. The minimum Gasteiger partial charge on any atom is -0.494 e. The first-order valence-electron chi connectivity index (χ1n) is 4.02. The smallest absolute Gasteiger partial charge is 0.124 e. The molecule has 2 heteroatoms. The zero-order valence-electron chi connectivity index (χ0n) is 7.12. The highest BCUT2D eigenvalue weighted by atomic mass is 16.5. The van der Waals surface area contributed by atoms with E-state index in [1.807, 2.05) is 31.2 Å². The normalized spacial score (nSPS) is 9.42. The molecule has 0 heterocycles. The third-order valence-electron chi connectivity index (χ3n) is 1.58. The number of hydrogen-bond donors (Lipinski definition) is 0. The Hall–Kier alpha value is -1.31. The predicted octanol–water partition coefficient (Wildman–Crippen LogP) is 1.83. The molecule has 1 rings (SSSR count). The van der Waals surface area contributed by atoms with Crippen molar-refractivity contribution in [3.05, 3.63) is 29.8 Å². The first-order valence-corrected chi connectivity index (χ1v) is 4.02. The van der Waals surface area contributed by atoms with Gasteiger partial charge in [0.05, 0.1) is 6.61 Å². The number of benzene rings is 1. The third-order valence-corrected chi connectivity index (χ3v) is 1.58. The Labute approximate surface area is 72.2 Å². The molecular formula is C10H12O2. The molecule has 0 fully saturated rings. The van der Waals surface area contributed by atoms with Gasteiger partial charge in [0.2, 0.25) is 0 Å². The van der Waals surface area contributed by atoms with E-state index in [-0.39, 0.29) is 0 Å². The molecular weight excluding hydrogens is 152 g/mol. The molecule has 0 N–H and O–H groups in total. The molecule has 2 nitrogen and oxygen atoms in total. The molecule has 0 spiro atoms. The summed E-state index contributed by atoms with van der Waals surface area (Å²) in [5.41, 5.74) is 0.953. The number of carbonyl (C=O) groups excluding carboxylic acids is 1. The summed E-state index contributed by atoms with van der Waals surface area (Å²) in [6.45, 7) is 2.56. The van der Waals surface area contributed by atoms with Crippen molar-refractivity contribution in [1.29, 1.82) is 0 Å². The second-order valence-electron chi connectivity index (χ2n) is 2.41. The minimum absolute atomic E-state index is 0.427. The van der Waals surface area contributed by atoms with Crippen LogP contribution in [-0.4, -0.2) is 12.9 Å². The number of rotatable bonds is 4. The Morgan fingerprint density at radius 2 is 2.17 bits per heavy atom. The van der Waals surface area contributed by atoms with Gasteiger partial charge in [0.1, 0.15) is 12.0 Å². The van der Waals surface area contributed by atoms with Gasteiger partial charge in [-0.2, -0.15) is 0 Å². The fourth-order valence-corrected chi connectivity index (χ4v) is 1.06. The molecule has 0 radical (unpaired) electrons. The Bertz CT molecular complexity index is 256. The van der Waals surface area contributed by atoms with Crippen LogP contribution in [0.3, 0.4) is 0 Å². The first kappa shape index (κ1) is 8.78. The second-order valence-corrected chi connectivity index (χ2v) is 2.41. The number of carbonyl (C=O) groups is 1. The molecule has 0 aliphatic rings.